The van der Waals surface area contributed by atoms with Crippen LogP contribution in [0.1, 0.15) is 58.8 Å². The van der Waals surface area contributed by atoms with Crippen LogP contribution in [-0.4, -0.2) is 50.6 Å². The van der Waals surface area contributed by atoms with Crippen LogP contribution in [0, 0.1) is 11.8 Å². The van der Waals surface area contributed by atoms with E-state index in [2.05, 4.69) is 33.8 Å². The van der Waals surface area contributed by atoms with Crippen LogP contribution in [0.4, 0.5) is 0 Å². The summed E-state index contributed by atoms with van der Waals surface area (Å²) in [5.74, 6) is 2.57. The van der Waals surface area contributed by atoms with Gasteiger partial charge in [-0.2, -0.15) is 0 Å². The van der Waals surface area contributed by atoms with Gasteiger partial charge in [0.25, 0.3) is 0 Å². The lowest BCUT2D eigenvalue weighted by atomic mass is 9.87. The predicted octanol–water partition coefficient (Wildman–Crippen LogP) is 3.67. The normalized spacial score (nSPS) is 17.8. The number of rotatable bonds is 9. The lowest BCUT2D eigenvalue weighted by Gasteiger charge is -2.24. The number of unbranched alkanes of at least 4 members (excludes halogenated alkanes) is 2. The standard InChI is InChI=1S/C18H35N3O2.HI/c1-5-15(6-2)16-11-13-21(14-16)18(19-3)20-12-9-7-8-10-17(22)23-4;/h15-16H,5-14H2,1-4H3,(H,19,20);1H. The van der Waals surface area contributed by atoms with Crippen molar-refractivity contribution in [1.29, 1.82) is 0 Å². The minimum atomic E-state index is -0.113. The highest BCUT2D eigenvalue weighted by Crippen LogP contribution is 2.28. The first-order chi connectivity index (χ1) is 11.2. The van der Waals surface area contributed by atoms with Gasteiger partial charge >= 0.3 is 5.97 Å². The van der Waals surface area contributed by atoms with E-state index in [0.717, 1.165) is 56.7 Å². The van der Waals surface area contributed by atoms with Crippen molar-refractivity contribution in [1.82, 2.24) is 10.2 Å². The van der Waals surface area contributed by atoms with Gasteiger partial charge in [-0.05, 0) is 31.1 Å². The van der Waals surface area contributed by atoms with Crippen molar-refractivity contribution in [3.8, 4) is 0 Å². The number of halogens is 1. The molecule has 0 amide bonds. The number of carbonyl (C=O) groups excluding carboxylic acids is 1. The molecule has 0 aromatic heterocycles. The fraction of sp³-hybridized carbons (Fsp3) is 0.889. The zero-order chi connectivity index (χ0) is 17.1. The molecule has 0 aromatic carbocycles. The SMILES string of the molecule is CCC(CC)C1CCN(C(=NC)NCCCCCC(=O)OC)C1.I. The molecule has 0 radical (unpaired) electrons. The first-order valence-electron chi connectivity index (χ1n) is 9.18. The van der Waals surface area contributed by atoms with Gasteiger partial charge in [0.05, 0.1) is 7.11 Å². The van der Waals surface area contributed by atoms with E-state index < -0.39 is 0 Å². The van der Waals surface area contributed by atoms with Crippen molar-refractivity contribution >= 4 is 35.9 Å². The Morgan fingerprint density at radius 3 is 2.58 bits per heavy atom. The predicted molar refractivity (Wildman–Crippen MR) is 111 cm³/mol. The second kappa shape index (κ2) is 13.7. The molecule has 1 aliphatic rings. The Kier molecular flexibility index (Phi) is 13.4. The number of methoxy groups -OCH3 is 1. The number of guanidine groups is 1. The number of esters is 1. The summed E-state index contributed by atoms with van der Waals surface area (Å²) in [6.45, 7) is 7.77. The van der Waals surface area contributed by atoms with Crippen molar-refractivity contribution in [3.05, 3.63) is 0 Å². The third-order valence-corrected chi connectivity index (χ3v) is 5.02. The van der Waals surface area contributed by atoms with E-state index in [1.54, 1.807) is 0 Å². The number of carbonyl (C=O) groups is 1. The summed E-state index contributed by atoms with van der Waals surface area (Å²) in [5, 5.41) is 3.47. The molecule has 6 heteroatoms. The third-order valence-electron chi connectivity index (χ3n) is 5.02. The zero-order valence-electron chi connectivity index (χ0n) is 15.8. The van der Waals surface area contributed by atoms with Gasteiger partial charge in [-0.3, -0.25) is 9.79 Å². The molecule has 1 atom stereocenters. The number of ether oxygens (including phenoxy) is 1. The van der Waals surface area contributed by atoms with Crippen molar-refractivity contribution in [2.75, 3.05) is 33.8 Å². The van der Waals surface area contributed by atoms with Crippen molar-refractivity contribution in [2.24, 2.45) is 16.8 Å². The number of nitrogens with zero attached hydrogens (tertiary/aromatic N) is 2. The van der Waals surface area contributed by atoms with Crippen LogP contribution in [0.25, 0.3) is 0 Å². The molecular weight excluding hydrogens is 417 g/mol. The van der Waals surface area contributed by atoms with E-state index in [0.29, 0.717) is 6.42 Å². The molecule has 0 spiro atoms. The Balaban J connectivity index is 0.00000529. The highest BCUT2D eigenvalue weighted by molar-refractivity contribution is 14.0. The Morgan fingerprint density at radius 2 is 2.00 bits per heavy atom. The fourth-order valence-electron chi connectivity index (χ4n) is 3.53. The second-order valence-corrected chi connectivity index (χ2v) is 6.43. The van der Waals surface area contributed by atoms with Gasteiger partial charge < -0.3 is 15.0 Å². The number of hydrogen-bond donors (Lipinski definition) is 1. The number of aliphatic imine (C=N–C) groups is 1. The van der Waals surface area contributed by atoms with Gasteiger partial charge in [0, 0.05) is 33.1 Å². The third kappa shape index (κ3) is 8.03. The molecule has 5 nitrogen and oxygen atoms in total. The molecule has 142 valence electrons. The first kappa shape index (κ1) is 23.5. The Morgan fingerprint density at radius 1 is 1.29 bits per heavy atom. The molecule has 1 fully saturated rings. The largest absolute Gasteiger partial charge is 0.469 e. The molecular formula is C18H36IN3O2. The quantitative estimate of drug-likeness (QED) is 0.190. The van der Waals surface area contributed by atoms with Gasteiger partial charge in [0.1, 0.15) is 0 Å². The second-order valence-electron chi connectivity index (χ2n) is 6.43. The molecule has 0 saturated carbocycles. The fourth-order valence-corrected chi connectivity index (χ4v) is 3.53. The zero-order valence-corrected chi connectivity index (χ0v) is 18.2. The topological polar surface area (TPSA) is 53.9 Å². The maximum absolute atomic E-state index is 11.0. The van der Waals surface area contributed by atoms with Gasteiger partial charge in [-0.15, -0.1) is 24.0 Å². The molecule has 0 aliphatic carbocycles. The molecule has 1 rings (SSSR count). The van der Waals surface area contributed by atoms with Crippen LogP contribution in [0.15, 0.2) is 4.99 Å². The molecule has 1 aliphatic heterocycles. The summed E-state index contributed by atoms with van der Waals surface area (Å²) >= 11 is 0. The maximum atomic E-state index is 11.0. The van der Waals surface area contributed by atoms with Gasteiger partial charge in [0.15, 0.2) is 5.96 Å². The van der Waals surface area contributed by atoms with Gasteiger partial charge in [-0.1, -0.05) is 33.1 Å². The van der Waals surface area contributed by atoms with Crippen molar-refractivity contribution in [2.45, 2.75) is 58.8 Å². The number of nitrogens with one attached hydrogen (secondary N) is 1. The van der Waals surface area contributed by atoms with Crippen molar-refractivity contribution in [3.63, 3.8) is 0 Å². The van der Waals surface area contributed by atoms with Gasteiger partial charge in [-0.25, -0.2) is 0 Å². The van der Waals surface area contributed by atoms with Crippen molar-refractivity contribution < 1.29 is 9.53 Å². The van der Waals surface area contributed by atoms with E-state index >= 15 is 0 Å². The van der Waals surface area contributed by atoms with Crippen LogP contribution >= 0.6 is 24.0 Å². The first-order valence-corrected chi connectivity index (χ1v) is 9.18. The highest BCUT2D eigenvalue weighted by Gasteiger charge is 2.29. The monoisotopic (exact) mass is 453 g/mol. The lowest BCUT2D eigenvalue weighted by Crippen LogP contribution is -2.40. The van der Waals surface area contributed by atoms with Crippen LogP contribution < -0.4 is 5.32 Å². The molecule has 1 N–H and O–H groups in total. The van der Waals surface area contributed by atoms with E-state index in [1.807, 2.05) is 7.05 Å². The average Bonchev–Trinajstić information content (AvgIpc) is 3.04. The van der Waals surface area contributed by atoms with Gasteiger partial charge in [0.2, 0.25) is 0 Å². The van der Waals surface area contributed by atoms with E-state index in [9.17, 15) is 4.79 Å². The number of hydrogen-bond acceptors (Lipinski definition) is 3. The molecule has 24 heavy (non-hydrogen) atoms. The summed E-state index contributed by atoms with van der Waals surface area (Å²) in [6.07, 6.45) is 7.35. The van der Waals surface area contributed by atoms with Crippen LogP contribution in [0.3, 0.4) is 0 Å². The summed E-state index contributed by atoms with van der Waals surface area (Å²) in [7, 11) is 3.31. The van der Waals surface area contributed by atoms with E-state index in [4.69, 9.17) is 0 Å². The van der Waals surface area contributed by atoms with E-state index in [1.165, 1.54) is 26.4 Å². The van der Waals surface area contributed by atoms with E-state index in [-0.39, 0.29) is 29.9 Å². The molecule has 1 saturated heterocycles. The lowest BCUT2D eigenvalue weighted by molar-refractivity contribution is -0.140. The maximum Gasteiger partial charge on any atom is 0.305 e. The highest BCUT2D eigenvalue weighted by atomic mass is 127. The molecule has 1 heterocycles. The molecule has 0 bridgehead atoms. The van der Waals surface area contributed by atoms with Crippen LogP contribution in [-0.2, 0) is 9.53 Å². The van der Waals surface area contributed by atoms with Crippen LogP contribution in [0.5, 0.6) is 0 Å². The minimum Gasteiger partial charge on any atom is -0.469 e. The summed E-state index contributed by atoms with van der Waals surface area (Å²) < 4.78 is 4.65. The summed E-state index contributed by atoms with van der Waals surface area (Å²) in [6, 6.07) is 0. The number of likely N-dealkylation sites (tertiary alicyclic amines) is 1. The van der Waals surface area contributed by atoms with Crippen LogP contribution in [0.2, 0.25) is 0 Å². The Labute approximate surface area is 165 Å². The Bertz CT molecular complexity index is 373. The smallest absolute Gasteiger partial charge is 0.305 e. The summed E-state index contributed by atoms with van der Waals surface area (Å²) in [4.78, 5) is 17.9. The Hall–Kier alpha value is -0.530. The summed E-state index contributed by atoms with van der Waals surface area (Å²) in [5.41, 5.74) is 0. The molecule has 1 unspecified atom stereocenters. The molecule has 0 aromatic rings. The average molecular weight is 453 g/mol. The minimum absolute atomic E-state index is 0.